The fraction of sp³-hybridized carbons (Fsp3) is 0.286. The zero-order valence-electron chi connectivity index (χ0n) is 20.0. The average Bonchev–Trinajstić information content (AvgIpc) is 2.88. The Kier molecular flexibility index (Phi) is 8.79. The van der Waals surface area contributed by atoms with Crippen LogP contribution < -0.4 is 0 Å². The Bertz CT molecular complexity index is 1240. The molecule has 0 radical (unpaired) electrons. The fourth-order valence-corrected chi connectivity index (χ4v) is 4.82. The first-order chi connectivity index (χ1) is 17.8. The van der Waals surface area contributed by atoms with Crippen molar-refractivity contribution in [2.24, 2.45) is 0 Å². The van der Waals surface area contributed by atoms with E-state index in [1.54, 1.807) is 42.5 Å². The zero-order chi connectivity index (χ0) is 26.5. The number of benzene rings is 3. The summed E-state index contributed by atoms with van der Waals surface area (Å²) < 4.78 is 39.9. The second kappa shape index (κ2) is 12.0. The maximum absolute atomic E-state index is 14.6. The number of ether oxygens (including phenoxy) is 2. The molecule has 0 aromatic heterocycles. The van der Waals surface area contributed by atoms with Crippen molar-refractivity contribution in [1.82, 2.24) is 4.90 Å². The molecule has 0 unspecified atom stereocenters. The Morgan fingerprint density at radius 2 is 1.70 bits per heavy atom. The number of hydrogen-bond donors (Lipinski definition) is 0. The van der Waals surface area contributed by atoms with Gasteiger partial charge >= 0.3 is 0 Å². The predicted octanol–water partition coefficient (Wildman–Crippen LogP) is 6.82. The van der Waals surface area contributed by atoms with Gasteiger partial charge in [-0.05, 0) is 53.1 Å². The molecule has 194 valence electrons. The summed E-state index contributed by atoms with van der Waals surface area (Å²) in [4.78, 5) is 26.9. The molecular formula is C28H25Cl2F2NO4. The molecule has 0 saturated carbocycles. The maximum atomic E-state index is 14.6. The quantitative estimate of drug-likeness (QED) is 0.276. The lowest BCUT2D eigenvalue weighted by atomic mass is 9.90. The summed E-state index contributed by atoms with van der Waals surface area (Å²) in [7, 11) is 0. The SMILES string of the molecule is CCC[C@H](OC=O)N1C(=O)[C@@H](Cc2ccc(F)cc2)O[C@H](c2ccc(Cl)c(F)c2)[C@@H]1c1ccc(Cl)cc1. The van der Waals surface area contributed by atoms with E-state index in [4.69, 9.17) is 32.7 Å². The van der Waals surface area contributed by atoms with Crippen molar-refractivity contribution in [3.63, 3.8) is 0 Å². The third kappa shape index (κ3) is 6.12. The highest BCUT2D eigenvalue weighted by Gasteiger charge is 2.47. The van der Waals surface area contributed by atoms with Crippen LogP contribution in [-0.2, 0) is 25.5 Å². The minimum absolute atomic E-state index is 0.0495. The van der Waals surface area contributed by atoms with Crippen LogP contribution in [0.2, 0.25) is 10.0 Å². The molecule has 1 saturated heterocycles. The molecule has 1 aliphatic rings. The highest BCUT2D eigenvalue weighted by atomic mass is 35.5. The van der Waals surface area contributed by atoms with Crippen molar-refractivity contribution in [2.75, 3.05) is 0 Å². The molecule has 0 bridgehead atoms. The molecule has 37 heavy (non-hydrogen) atoms. The Balaban J connectivity index is 1.85. The van der Waals surface area contributed by atoms with Gasteiger partial charge in [0, 0.05) is 17.9 Å². The van der Waals surface area contributed by atoms with Crippen LogP contribution in [0.4, 0.5) is 8.78 Å². The Morgan fingerprint density at radius 3 is 2.32 bits per heavy atom. The van der Waals surface area contributed by atoms with Gasteiger partial charge in [0.05, 0.1) is 11.1 Å². The van der Waals surface area contributed by atoms with E-state index in [1.165, 1.54) is 29.2 Å². The Labute approximate surface area is 223 Å². The summed E-state index contributed by atoms with van der Waals surface area (Å²) in [6, 6.07) is 16.2. The highest BCUT2D eigenvalue weighted by molar-refractivity contribution is 6.30. The highest BCUT2D eigenvalue weighted by Crippen LogP contribution is 2.45. The average molecular weight is 548 g/mol. The second-order valence-electron chi connectivity index (χ2n) is 8.77. The van der Waals surface area contributed by atoms with Crippen LogP contribution in [0, 0.1) is 11.6 Å². The molecule has 5 nitrogen and oxygen atoms in total. The minimum atomic E-state index is -1.01. The first-order valence-corrected chi connectivity index (χ1v) is 12.6. The van der Waals surface area contributed by atoms with Gasteiger partial charge in [-0.25, -0.2) is 8.78 Å². The summed E-state index contributed by atoms with van der Waals surface area (Å²) in [5, 5.41) is 0.447. The van der Waals surface area contributed by atoms with Gasteiger partial charge in [-0.3, -0.25) is 14.5 Å². The number of morpholine rings is 1. The van der Waals surface area contributed by atoms with E-state index in [1.807, 2.05) is 6.92 Å². The molecule has 3 aromatic carbocycles. The van der Waals surface area contributed by atoms with Gasteiger partial charge in [0.1, 0.15) is 23.8 Å². The molecule has 1 fully saturated rings. The van der Waals surface area contributed by atoms with Crippen molar-refractivity contribution in [1.29, 1.82) is 0 Å². The van der Waals surface area contributed by atoms with E-state index in [2.05, 4.69) is 0 Å². The number of amides is 1. The largest absolute Gasteiger partial charge is 0.444 e. The predicted molar refractivity (Wildman–Crippen MR) is 136 cm³/mol. The minimum Gasteiger partial charge on any atom is -0.444 e. The number of carbonyl (C=O) groups is 2. The van der Waals surface area contributed by atoms with Crippen LogP contribution in [0.3, 0.4) is 0 Å². The topological polar surface area (TPSA) is 55.8 Å². The molecule has 0 spiro atoms. The van der Waals surface area contributed by atoms with Crippen molar-refractivity contribution in [3.8, 4) is 0 Å². The lowest BCUT2D eigenvalue weighted by Crippen LogP contribution is -2.56. The number of carbonyl (C=O) groups excluding carboxylic acids is 2. The van der Waals surface area contributed by atoms with Gasteiger partial charge < -0.3 is 9.47 Å². The van der Waals surface area contributed by atoms with Gasteiger partial charge in [0.15, 0.2) is 6.23 Å². The van der Waals surface area contributed by atoms with E-state index in [-0.39, 0.29) is 11.4 Å². The van der Waals surface area contributed by atoms with Crippen molar-refractivity contribution in [2.45, 2.75) is 50.7 Å². The van der Waals surface area contributed by atoms with Crippen LogP contribution in [-0.4, -0.2) is 29.6 Å². The molecular weight excluding hydrogens is 523 g/mol. The van der Waals surface area contributed by atoms with E-state index >= 15 is 0 Å². The monoisotopic (exact) mass is 547 g/mol. The van der Waals surface area contributed by atoms with E-state index < -0.39 is 42.0 Å². The van der Waals surface area contributed by atoms with Crippen molar-refractivity contribution >= 4 is 35.6 Å². The van der Waals surface area contributed by atoms with Crippen molar-refractivity contribution in [3.05, 3.63) is 105 Å². The standard InChI is InChI=1S/C28H25Cl2F2NO4/c1-2-3-25(36-16-34)33-26(18-6-9-20(29)10-7-18)27(19-8-13-22(30)23(32)15-19)37-24(28(33)35)14-17-4-11-21(31)12-5-17/h4-13,15-16,24-27H,2-3,14H2,1H3/t24-,25+,26+,27-/m1/s1. The normalized spacial score (nSPS) is 20.5. The molecule has 3 aromatic rings. The van der Waals surface area contributed by atoms with Crippen LogP contribution in [0.1, 0.15) is 48.6 Å². The molecule has 1 heterocycles. The number of halogens is 4. The smallest absolute Gasteiger partial charge is 0.295 e. The summed E-state index contributed by atoms with van der Waals surface area (Å²) >= 11 is 12.1. The molecule has 1 amide bonds. The number of rotatable bonds is 9. The number of hydrogen-bond acceptors (Lipinski definition) is 4. The summed E-state index contributed by atoms with van der Waals surface area (Å²) in [5.74, 6) is -1.44. The summed E-state index contributed by atoms with van der Waals surface area (Å²) in [6.07, 6.45) is -1.61. The van der Waals surface area contributed by atoms with Crippen LogP contribution in [0.25, 0.3) is 0 Å². The third-order valence-electron chi connectivity index (χ3n) is 6.30. The van der Waals surface area contributed by atoms with Crippen LogP contribution in [0.15, 0.2) is 66.7 Å². The van der Waals surface area contributed by atoms with E-state index in [0.29, 0.717) is 41.0 Å². The molecule has 0 aliphatic carbocycles. The summed E-state index contributed by atoms with van der Waals surface area (Å²) in [6.45, 7) is 2.22. The molecule has 9 heteroatoms. The van der Waals surface area contributed by atoms with Gasteiger partial charge in [0.25, 0.3) is 12.4 Å². The molecule has 4 atom stereocenters. The molecule has 1 aliphatic heterocycles. The first-order valence-electron chi connectivity index (χ1n) is 11.8. The Hall–Kier alpha value is -3.00. The van der Waals surface area contributed by atoms with Crippen molar-refractivity contribution < 1.29 is 27.8 Å². The van der Waals surface area contributed by atoms with E-state index in [9.17, 15) is 18.4 Å². The van der Waals surface area contributed by atoms with Gasteiger partial charge in [-0.2, -0.15) is 0 Å². The number of nitrogens with zero attached hydrogens (tertiary/aromatic N) is 1. The van der Waals surface area contributed by atoms with Crippen LogP contribution >= 0.6 is 23.2 Å². The van der Waals surface area contributed by atoms with Gasteiger partial charge in [-0.15, -0.1) is 0 Å². The van der Waals surface area contributed by atoms with Crippen LogP contribution in [0.5, 0.6) is 0 Å². The second-order valence-corrected chi connectivity index (χ2v) is 9.61. The van der Waals surface area contributed by atoms with E-state index in [0.717, 1.165) is 0 Å². The zero-order valence-corrected chi connectivity index (χ0v) is 21.5. The Morgan fingerprint density at radius 1 is 1.03 bits per heavy atom. The first kappa shape index (κ1) is 27.0. The fourth-order valence-electron chi connectivity index (χ4n) is 4.58. The maximum Gasteiger partial charge on any atom is 0.295 e. The lowest BCUT2D eigenvalue weighted by molar-refractivity contribution is -0.198. The molecule has 0 N–H and O–H groups in total. The lowest BCUT2D eigenvalue weighted by Gasteiger charge is -2.47. The summed E-state index contributed by atoms with van der Waals surface area (Å²) in [5.41, 5.74) is 1.78. The van der Waals surface area contributed by atoms with Gasteiger partial charge in [0.2, 0.25) is 0 Å². The van der Waals surface area contributed by atoms with Gasteiger partial charge in [-0.1, -0.05) is 66.9 Å². The third-order valence-corrected chi connectivity index (χ3v) is 6.86. The molecule has 4 rings (SSSR count).